The molecule has 2 aliphatic rings. The summed E-state index contributed by atoms with van der Waals surface area (Å²) in [5.41, 5.74) is 2.97. The van der Waals surface area contributed by atoms with Gasteiger partial charge in [-0.05, 0) is 55.2 Å². The van der Waals surface area contributed by atoms with Crippen LogP contribution in [0.1, 0.15) is 28.8 Å². The van der Waals surface area contributed by atoms with E-state index in [1.54, 1.807) is 12.3 Å². The molecule has 8 nitrogen and oxygen atoms in total. The van der Waals surface area contributed by atoms with Crippen LogP contribution in [-0.2, 0) is 11.3 Å². The number of nitrogens with one attached hydrogen (secondary N) is 1. The minimum absolute atomic E-state index is 0.202. The fourth-order valence-corrected chi connectivity index (χ4v) is 3.76. The van der Waals surface area contributed by atoms with Gasteiger partial charge in [0.2, 0.25) is 0 Å². The van der Waals surface area contributed by atoms with Gasteiger partial charge in [0.25, 0.3) is 5.91 Å². The second-order valence-corrected chi connectivity index (χ2v) is 8.38. The zero-order valence-electron chi connectivity index (χ0n) is 18.4. The number of carbonyl (C=O) groups excluding carboxylic acids is 1. The van der Waals surface area contributed by atoms with Crippen LogP contribution in [-0.4, -0.2) is 54.0 Å². The molecule has 1 saturated heterocycles. The van der Waals surface area contributed by atoms with Gasteiger partial charge in [-0.15, -0.1) is 0 Å². The number of amides is 1. The first-order valence-electron chi connectivity index (χ1n) is 11.4. The molecule has 0 spiro atoms. The van der Waals surface area contributed by atoms with Crippen LogP contribution in [0.2, 0.25) is 0 Å². The smallest absolute Gasteiger partial charge is 0.253 e. The average molecular weight is 446 g/mol. The average Bonchev–Trinajstić information content (AvgIpc) is 3.72. The molecule has 0 atom stereocenters. The molecule has 1 aliphatic carbocycles. The van der Waals surface area contributed by atoms with Crippen molar-refractivity contribution in [1.82, 2.24) is 20.5 Å². The van der Waals surface area contributed by atoms with Crippen molar-refractivity contribution in [2.75, 3.05) is 37.8 Å². The molecule has 0 unspecified atom stereocenters. The second kappa shape index (κ2) is 9.95. The fraction of sp³-hybridized carbons (Fsp3) is 0.360. The van der Waals surface area contributed by atoms with Gasteiger partial charge in [-0.1, -0.05) is 6.07 Å². The highest BCUT2D eigenvalue weighted by Crippen LogP contribution is 2.30. The molecule has 2 fully saturated rings. The van der Waals surface area contributed by atoms with Crippen LogP contribution >= 0.6 is 0 Å². The van der Waals surface area contributed by atoms with E-state index < -0.39 is 0 Å². The van der Waals surface area contributed by atoms with Gasteiger partial charge < -0.3 is 19.7 Å². The molecule has 0 bridgehead atoms. The van der Waals surface area contributed by atoms with Crippen LogP contribution in [0.5, 0.6) is 5.75 Å². The van der Waals surface area contributed by atoms with Gasteiger partial charge >= 0.3 is 0 Å². The minimum atomic E-state index is -0.202. The Morgan fingerprint density at radius 3 is 2.76 bits per heavy atom. The maximum Gasteiger partial charge on any atom is 0.253 e. The Balaban J connectivity index is 1.23. The lowest BCUT2D eigenvalue weighted by molar-refractivity contribution is 0.0950. The molecule has 1 aromatic carbocycles. The standard InChI is InChI=1S/C25H27N5O3/c31-25(27-15-20-2-1-9-26-24(20)30-10-12-32-13-11-30)21-14-23(29-28-16-21)19-5-7-22(8-6-19)33-17-18-3-4-18/h1-2,5-9,14,16,18H,3-4,10-13,15,17H2,(H,27,31). The third-order valence-electron chi connectivity index (χ3n) is 5.87. The zero-order chi connectivity index (χ0) is 22.5. The summed E-state index contributed by atoms with van der Waals surface area (Å²) in [5.74, 6) is 2.24. The zero-order valence-corrected chi connectivity index (χ0v) is 18.4. The van der Waals surface area contributed by atoms with Crippen molar-refractivity contribution < 1.29 is 14.3 Å². The topological polar surface area (TPSA) is 89.5 Å². The highest BCUT2D eigenvalue weighted by molar-refractivity contribution is 5.94. The van der Waals surface area contributed by atoms with E-state index in [4.69, 9.17) is 9.47 Å². The summed E-state index contributed by atoms with van der Waals surface area (Å²) in [6.07, 6.45) is 5.78. The van der Waals surface area contributed by atoms with E-state index in [1.807, 2.05) is 36.4 Å². The van der Waals surface area contributed by atoms with Gasteiger partial charge in [0, 0.05) is 37.0 Å². The Labute approximate surface area is 193 Å². The van der Waals surface area contributed by atoms with E-state index in [2.05, 4.69) is 25.4 Å². The molecule has 1 aliphatic heterocycles. The van der Waals surface area contributed by atoms with Crippen LogP contribution in [0.15, 0.2) is 54.9 Å². The van der Waals surface area contributed by atoms with Crippen molar-refractivity contribution >= 4 is 11.7 Å². The summed E-state index contributed by atoms with van der Waals surface area (Å²) < 4.78 is 11.2. The highest BCUT2D eigenvalue weighted by atomic mass is 16.5. The molecule has 5 rings (SSSR count). The number of nitrogens with zero attached hydrogens (tertiary/aromatic N) is 4. The number of ether oxygens (including phenoxy) is 2. The van der Waals surface area contributed by atoms with Crippen LogP contribution in [0.25, 0.3) is 11.3 Å². The quantitative estimate of drug-likeness (QED) is 0.570. The van der Waals surface area contributed by atoms with E-state index in [0.717, 1.165) is 42.4 Å². The normalized spacial score (nSPS) is 15.8. The Bertz CT molecular complexity index is 1100. The van der Waals surface area contributed by atoms with Crippen molar-refractivity contribution in [3.8, 4) is 17.0 Å². The Hall–Kier alpha value is -3.52. The first kappa shape index (κ1) is 21.3. The number of carbonyl (C=O) groups is 1. The largest absolute Gasteiger partial charge is 0.493 e. The van der Waals surface area contributed by atoms with Gasteiger partial charge in [-0.25, -0.2) is 4.98 Å². The number of morpholine rings is 1. The first-order valence-corrected chi connectivity index (χ1v) is 11.4. The molecule has 2 aromatic heterocycles. The van der Waals surface area contributed by atoms with Gasteiger partial charge in [0.05, 0.1) is 37.3 Å². The molecular formula is C25H27N5O3. The lowest BCUT2D eigenvalue weighted by atomic mass is 10.1. The lowest BCUT2D eigenvalue weighted by Gasteiger charge is -2.29. The summed E-state index contributed by atoms with van der Waals surface area (Å²) in [6, 6.07) is 13.4. The van der Waals surface area contributed by atoms with E-state index in [9.17, 15) is 4.79 Å². The predicted octanol–water partition coefficient (Wildman–Crippen LogP) is 3.09. The van der Waals surface area contributed by atoms with Crippen LogP contribution in [0.4, 0.5) is 5.82 Å². The van der Waals surface area contributed by atoms with Gasteiger partial charge in [0.1, 0.15) is 11.6 Å². The Morgan fingerprint density at radius 1 is 1.15 bits per heavy atom. The van der Waals surface area contributed by atoms with Crippen LogP contribution in [0.3, 0.4) is 0 Å². The number of aromatic nitrogens is 3. The SMILES string of the molecule is O=C(NCc1cccnc1N1CCOCC1)c1cnnc(-c2ccc(OCC3CC3)cc2)c1. The van der Waals surface area contributed by atoms with E-state index in [0.29, 0.717) is 36.9 Å². The second-order valence-electron chi connectivity index (χ2n) is 8.38. The fourth-order valence-electron chi connectivity index (χ4n) is 3.76. The molecule has 170 valence electrons. The lowest BCUT2D eigenvalue weighted by Crippen LogP contribution is -2.37. The van der Waals surface area contributed by atoms with Crippen molar-refractivity contribution in [1.29, 1.82) is 0 Å². The maximum absolute atomic E-state index is 12.8. The summed E-state index contributed by atoms with van der Waals surface area (Å²) in [7, 11) is 0. The number of pyridine rings is 1. The van der Waals surface area contributed by atoms with E-state index in [-0.39, 0.29) is 5.91 Å². The molecule has 3 heterocycles. The van der Waals surface area contributed by atoms with Crippen LogP contribution < -0.4 is 15.0 Å². The van der Waals surface area contributed by atoms with E-state index in [1.165, 1.54) is 19.0 Å². The molecule has 3 aromatic rings. The van der Waals surface area contributed by atoms with Gasteiger partial charge in [-0.2, -0.15) is 10.2 Å². The number of hydrogen-bond acceptors (Lipinski definition) is 7. The summed E-state index contributed by atoms with van der Waals surface area (Å²) in [5, 5.41) is 11.2. The van der Waals surface area contributed by atoms with Crippen molar-refractivity contribution in [2.45, 2.75) is 19.4 Å². The Morgan fingerprint density at radius 2 is 1.97 bits per heavy atom. The number of rotatable bonds is 8. The summed E-state index contributed by atoms with van der Waals surface area (Å²) in [6.45, 7) is 4.10. The van der Waals surface area contributed by atoms with E-state index >= 15 is 0 Å². The molecule has 0 radical (unpaired) electrons. The maximum atomic E-state index is 12.8. The van der Waals surface area contributed by atoms with Crippen molar-refractivity contribution in [3.63, 3.8) is 0 Å². The highest BCUT2D eigenvalue weighted by Gasteiger charge is 2.22. The Kier molecular flexibility index (Phi) is 6.44. The molecule has 8 heteroatoms. The number of benzene rings is 1. The molecule has 1 amide bonds. The summed E-state index contributed by atoms with van der Waals surface area (Å²) >= 11 is 0. The molecule has 1 saturated carbocycles. The minimum Gasteiger partial charge on any atom is -0.493 e. The third kappa shape index (κ3) is 5.46. The monoisotopic (exact) mass is 445 g/mol. The van der Waals surface area contributed by atoms with Crippen LogP contribution in [0, 0.1) is 5.92 Å². The first-order chi connectivity index (χ1) is 16.3. The molecule has 33 heavy (non-hydrogen) atoms. The predicted molar refractivity (Wildman–Crippen MR) is 124 cm³/mol. The molecular weight excluding hydrogens is 418 g/mol. The van der Waals surface area contributed by atoms with Gasteiger partial charge in [-0.3, -0.25) is 4.79 Å². The third-order valence-corrected chi connectivity index (χ3v) is 5.87. The number of hydrogen-bond donors (Lipinski definition) is 1. The molecule has 1 N–H and O–H groups in total. The summed E-state index contributed by atoms with van der Waals surface area (Å²) in [4.78, 5) is 19.6. The van der Waals surface area contributed by atoms with Crippen molar-refractivity contribution in [3.05, 3.63) is 66.0 Å². The van der Waals surface area contributed by atoms with Crippen molar-refractivity contribution in [2.24, 2.45) is 5.92 Å². The van der Waals surface area contributed by atoms with Gasteiger partial charge in [0.15, 0.2) is 0 Å². The number of anilines is 1.